The first-order valence-electron chi connectivity index (χ1n) is 10.4. The van der Waals surface area contributed by atoms with Gasteiger partial charge in [-0.25, -0.2) is 0 Å². The minimum absolute atomic E-state index is 0.139. The summed E-state index contributed by atoms with van der Waals surface area (Å²) in [7, 11) is 3.19. The summed E-state index contributed by atoms with van der Waals surface area (Å²) in [5.74, 6) is 0.355. The summed E-state index contributed by atoms with van der Waals surface area (Å²) in [6.45, 7) is 0.286. The quantitative estimate of drug-likeness (QED) is 0.529. The maximum Gasteiger partial charge on any atom is 0.242 e. The summed E-state index contributed by atoms with van der Waals surface area (Å²) in [5, 5.41) is 3.34. The van der Waals surface area contributed by atoms with Crippen LogP contribution in [0.3, 0.4) is 0 Å². The SMILES string of the molecule is CNC(=O)C(Cc1ccccc1)N(Cc1cccc(OC)c1)C(=O)Cc1ccc(Cl)cc1. The molecule has 1 N–H and O–H groups in total. The van der Waals surface area contributed by atoms with Crippen molar-refractivity contribution < 1.29 is 14.3 Å². The van der Waals surface area contributed by atoms with Crippen LogP contribution in [-0.2, 0) is 29.0 Å². The van der Waals surface area contributed by atoms with Crippen LogP contribution in [0.1, 0.15) is 16.7 Å². The number of nitrogens with zero attached hydrogens (tertiary/aromatic N) is 1. The predicted molar refractivity (Wildman–Crippen MR) is 127 cm³/mol. The molecule has 0 radical (unpaired) electrons. The number of hydrogen-bond acceptors (Lipinski definition) is 3. The van der Waals surface area contributed by atoms with Crippen molar-refractivity contribution in [1.29, 1.82) is 0 Å². The van der Waals surface area contributed by atoms with E-state index in [1.165, 1.54) is 0 Å². The zero-order valence-corrected chi connectivity index (χ0v) is 19.0. The second kappa shape index (κ2) is 11.3. The Morgan fingerprint density at radius 3 is 2.28 bits per heavy atom. The zero-order valence-electron chi connectivity index (χ0n) is 18.3. The molecule has 3 aromatic rings. The lowest BCUT2D eigenvalue weighted by molar-refractivity contribution is -0.140. The van der Waals surface area contributed by atoms with E-state index in [4.69, 9.17) is 16.3 Å². The van der Waals surface area contributed by atoms with Crippen molar-refractivity contribution in [2.75, 3.05) is 14.2 Å². The van der Waals surface area contributed by atoms with Gasteiger partial charge in [0.05, 0.1) is 13.5 Å². The Morgan fingerprint density at radius 2 is 1.62 bits per heavy atom. The molecule has 5 nitrogen and oxygen atoms in total. The minimum Gasteiger partial charge on any atom is -0.497 e. The van der Waals surface area contributed by atoms with Crippen molar-refractivity contribution >= 4 is 23.4 Å². The summed E-state index contributed by atoms with van der Waals surface area (Å²) < 4.78 is 5.33. The fourth-order valence-electron chi connectivity index (χ4n) is 3.57. The Bertz CT molecular complexity index is 1040. The Balaban J connectivity index is 1.94. The van der Waals surface area contributed by atoms with Crippen molar-refractivity contribution in [3.63, 3.8) is 0 Å². The molecule has 0 aliphatic carbocycles. The number of carbonyl (C=O) groups is 2. The van der Waals surface area contributed by atoms with Gasteiger partial charge in [0, 0.05) is 25.0 Å². The molecular formula is C26H27ClN2O3. The van der Waals surface area contributed by atoms with Gasteiger partial charge in [-0.3, -0.25) is 9.59 Å². The maximum atomic E-state index is 13.5. The largest absolute Gasteiger partial charge is 0.497 e. The van der Waals surface area contributed by atoms with Gasteiger partial charge in [0.2, 0.25) is 11.8 Å². The smallest absolute Gasteiger partial charge is 0.242 e. The molecule has 166 valence electrons. The number of ether oxygens (including phenoxy) is 1. The van der Waals surface area contributed by atoms with E-state index in [0.29, 0.717) is 17.2 Å². The molecule has 0 aliphatic heterocycles. The summed E-state index contributed by atoms with van der Waals surface area (Å²) >= 11 is 5.99. The number of benzene rings is 3. The molecule has 6 heteroatoms. The van der Waals surface area contributed by atoms with Gasteiger partial charge in [0.15, 0.2) is 0 Å². The van der Waals surface area contributed by atoms with E-state index in [9.17, 15) is 9.59 Å². The van der Waals surface area contributed by atoms with Crippen LogP contribution in [0, 0.1) is 0 Å². The van der Waals surface area contributed by atoms with Crippen LogP contribution in [0.15, 0.2) is 78.9 Å². The van der Waals surface area contributed by atoms with Crippen LogP contribution in [0.4, 0.5) is 0 Å². The highest BCUT2D eigenvalue weighted by molar-refractivity contribution is 6.30. The summed E-state index contributed by atoms with van der Waals surface area (Å²) in [4.78, 5) is 28.1. The zero-order chi connectivity index (χ0) is 22.9. The van der Waals surface area contributed by atoms with Gasteiger partial charge in [-0.1, -0.05) is 66.2 Å². The average Bonchev–Trinajstić information content (AvgIpc) is 2.83. The predicted octanol–water partition coefficient (Wildman–Crippen LogP) is 4.28. The first kappa shape index (κ1) is 23.4. The van der Waals surface area contributed by atoms with Crippen molar-refractivity contribution in [1.82, 2.24) is 10.2 Å². The van der Waals surface area contributed by atoms with Gasteiger partial charge in [-0.15, -0.1) is 0 Å². The maximum absolute atomic E-state index is 13.5. The third-order valence-electron chi connectivity index (χ3n) is 5.27. The fraction of sp³-hybridized carbons (Fsp3) is 0.231. The van der Waals surface area contributed by atoms with Crippen molar-refractivity contribution in [2.45, 2.75) is 25.4 Å². The monoisotopic (exact) mass is 450 g/mol. The molecular weight excluding hydrogens is 424 g/mol. The first-order valence-corrected chi connectivity index (χ1v) is 10.8. The molecule has 0 bridgehead atoms. The van der Waals surface area contributed by atoms with Gasteiger partial charge < -0.3 is 15.0 Å². The number of nitrogens with one attached hydrogen (secondary N) is 1. The van der Waals surface area contributed by atoms with Gasteiger partial charge >= 0.3 is 0 Å². The van der Waals surface area contributed by atoms with Crippen LogP contribution in [0.5, 0.6) is 5.75 Å². The molecule has 0 heterocycles. The number of halogens is 1. The molecule has 0 aliphatic rings. The highest BCUT2D eigenvalue weighted by atomic mass is 35.5. The molecule has 3 rings (SSSR count). The Morgan fingerprint density at radius 1 is 0.938 bits per heavy atom. The fourth-order valence-corrected chi connectivity index (χ4v) is 3.69. The van der Waals surface area contributed by atoms with E-state index in [-0.39, 0.29) is 24.8 Å². The highest BCUT2D eigenvalue weighted by Gasteiger charge is 2.29. The molecule has 1 atom stereocenters. The van der Waals surface area contributed by atoms with Gasteiger partial charge in [0.1, 0.15) is 11.8 Å². The molecule has 1 unspecified atom stereocenters. The molecule has 0 fully saturated rings. The average molecular weight is 451 g/mol. The number of likely N-dealkylation sites (N-methyl/N-ethyl adjacent to an activating group) is 1. The van der Waals surface area contributed by atoms with E-state index in [1.807, 2.05) is 66.7 Å². The molecule has 0 aromatic heterocycles. The second-order valence-corrected chi connectivity index (χ2v) is 7.93. The van der Waals surface area contributed by atoms with Crippen molar-refractivity contribution in [2.24, 2.45) is 0 Å². The number of methoxy groups -OCH3 is 1. The molecule has 0 saturated carbocycles. The third kappa shape index (κ3) is 6.34. The van der Waals surface area contributed by atoms with Crippen LogP contribution >= 0.6 is 11.6 Å². The molecule has 0 saturated heterocycles. The standard InChI is InChI=1S/C26H27ClN2O3/c1-28-26(31)24(16-19-7-4-3-5-8-19)29(18-21-9-6-10-23(15-21)32-2)25(30)17-20-11-13-22(27)14-12-20/h3-15,24H,16-18H2,1-2H3,(H,28,31). The lowest BCUT2D eigenvalue weighted by Gasteiger charge is -2.31. The van der Waals surface area contributed by atoms with Crippen molar-refractivity contribution in [3.8, 4) is 5.75 Å². The van der Waals surface area contributed by atoms with Gasteiger partial charge in [-0.05, 0) is 41.0 Å². The molecule has 3 aromatic carbocycles. The molecule has 32 heavy (non-hydrogen) atoms. The molecule has 0 spiro atoms. The number of carbonyl (C=O) groups excluding carboxylic acids is 2. The lowest BCUT2D eigenvalue weighted by atomic mass is 10.0. The number of amides is 2. The Labute approximate surface area is 194 Å². The second-order valence-electron chi connectivity index (χ2n) is 7.50. The van der Waals surface area contributed by atoms with Crippen LogP contribution in [0.25, 0.3) is 0 Å². The van der Waals surface area contributed by atoms with Crippen LogP contribution < -0.4 is 10.1 Å². The van der Waals surface area contributed by atoms with E-state index < -0.39 is 6.04 Å². The topological polar surface area (TPSA) is 58.6 Å². The summed E-state index contributed by atoms with van der Waals surface area (Å²) in [5.41, 5.74) is 2.71. The Hall–Kier alpha value is -3.31. The van der Waals surface area contributed by atoms with E-state index in [2.05, 4.69) is 5.32 Å². The van der Waals surface area contributed by atoms with Crippen LogP contribution in [-0.4, -0.2) is 36.9 Å². The van der Waals surface area contributed by atoms with Crippen molar-refractivity contribution in [3.05, 3.63) is 101 Å². The van der Waals surface area contributed by atoms with Crippen LogP contribution in [0.2, 0.25) is 5.02 Å². The number of rotatable bonds is 9. The lowest BCUT2D eigenvalue weighted by Crippen LogP contribution is -2.50. The Kier molecular flexibility index (Phi) is 8.28. The molecule has 2 amide bonds. The minimum atomic E-state index is -0.659. The normalized spacial score (nSPS) is 11.5. The summed E-state index contributed by atoms with van der Waals surface area (Å²) in [6, 6.07) is 23.8. The van der Waals surface area contributed by atoms with Gasteiger partial charge in [0.25, 0.3) is 0 Å². The highest BCUT2D eigenvalue weighted by Crippen LogP contribution is 2.20. The van der Waals surface area contributed by atoms with E-state index >= 15 is 0 Å². The summed E-state index contributed by atoms with van der Waals surface area (Å²) in [6.07, 6.45) is 0.584. The van der Waals surface area contributed by atoms with E-state index in [0.717, 1.165) is 16.7 Å². The number of hydrogen-bond donors (Lipinski definition) is 1. The first-order chi connectivity index (χ1) is 15.5. The third-order valence-corrected chi connectivity index (χ3v) is 5.53. The van der Waals surface area contributed by atoms with E-state index in [1.54, 1.807) is 31.2 Å². The van der Waals surface area contributed by atoms with Gasteiger partial charge in [-0.2, -0.15) is 0 Å².